The molecule has 3 aromatic rings. The minimum atomic E-state index is -3.53. The molecule has 1 unspecified atom stereocenters. The van der Waals surface area contributed by atoms with E-state index in [1.807, 2.05) is 24.3 Å². The smallest absolute Gasteiger partial charge is 0.260 e. The van der Waals surface area contributed by atoms with Gasteiger partial charge in [-0.15, -0.1) is 0 Å². The Bertz CT molecular complexity index is 1200. The second-order valence-corrected chi connectivity index (χ2v) is 11.5. The van der Waals surface area contributed by atoms with Crippen molar-refractivity contribution < 1.29 is 17.9 Å². The van der Waals surface area contributed by atoms with Crippen LogP contribution in [0, 0.1) is 0 Å². The van der Waals surface area contributed by atoms with Gasteiger partial charge < -0.3 is 4.74 Å². The van der Waals surface area contributed by atoms with E-state index in [-0.39, 0.29) is 16.9 Å². The van der Waals surface area contributed by atoms with Crippen LogP contribution in [0.1, 0.15) is 42.5 Å². The number of carbonyl (C=O) groups excluding carboxylic acids is 1. The van der Waals surface area contributed by atoms with Crippen molar-refractivity contribution >= 4 is 42.6 Å². The van der Waals surface area contributed by atoms with Crippen molar-refractivity contribution in [2.24, 2.45) is 0 Å². The third-order valence-corrected chi connectivity index (χ3v) is 9.20. The predicted octanol–water partition coefficient (Wildman–Crippen LogP) is 4.30. The van der Waals surface area contributed by atoms with Gasteiger partial charge in [0.1, 0.15) is 0 Å². The molecule has 0 spiro atoms. The molecule has 9 heteroatoms. The largest absolute Gasteiger partial charge is 0.376 e. The first-order chi connectivity index (χ1) is 16.0. The molecule has 1 aromatic heterocycles. The molecule has 174 valence electrons. The van der Waals surface area contributed by atoms with E-state index >= 15 is 0 Å². The molecule has 0 radical (unpaired) electrons. The van der Waals surface area contributed by atoms with Gasteiger partial charge in [-0.3, -0.25) is 9.69 Å². The van der Waals surface area contributed by atoms with Gasteiger partial charge in [0.25, 0.3) is 5.91 Å². The Morgan fingerprint density at radius 3 is 2.52 bits per heavy atom. The van der Waals surface area contributed by atoms with E-state index in [1.54, 1.807) is 29.2 Å². The quantitative estimate of drug-likeness (QED) is 0.520. The molecule has 2 aliphatic heterocycles. The van der Waals surface area contributed by atoms with Crippen molar-refractivity contribution in [3.63, 3.8) is 0 Å². The second-order valence-electron chi connectivity index (χ2n) is 8.50. The van der Waals surface area contributed by atoms with Crippen LogP contribution in [0.3, 0.4) is 0 Å². The molecule has 0 N–H and O–H groups in total. The van der Waals surface area contributed by atoms with Crippen LogP contribution in [0.5, 0.6) is 0 Å². The van der Waals surface area contributed by atoms with Crippen LogP contribution in [0.25, 0.3) is 10.2 Å². The monoisotopic (exact) mass is 485 g/mol. The Labute approximate surface area is 198 Å². The average Bonchev–Trinajstić information content (AvgIpc) is 3.52. The highest BCUT2D eigenvalue weighted by molar-refractivity contribution is 7.89. The van der Waals surface area contributed by atoms with Gasteiger partial charge in [0.15, 0.2) is 5.13 Å². The van der Waals surface area contributed by atoms with Crippen molar-refractivity contribution in [2.45, 2.75) is 43.1 Å². The fraction of sp³-hybridized carbons (Fsp3) is 0.417. The van der Waals surface area contributed by atoms with E-state index in [0.29, 0.717) is 36.9 Å². The summed E-state index contributed by atoms with van der Waals surface area (Å²) in [4.78, 5) is 20.1. The first-order valence-corrected chi connectivity index (χ1v) is 13.7. The fourth-order valence-electron chi connectivity index (χ4n) is 4.39. The summed E-state index contributed by atoms with van der Waals surface area (Å²) in [5.41, 5.74) is 1.29. The molecule has 0 saturated carbocycles. The van der Waals surface area contributed by atoms with Crippen LogP contribution in [-0.2, 0) is 14.8 Å². The topological polar surface area (TPSA) is 79.8 Å². The van der Waals surface area contributed by atoms with Gasteiger partial charge >= 0.3 is 0 Å². The molecule has 2 saturated heterocycles. The molecule has 0 aliphatic carbocycles. The SMILES string of the molecule is O=C(c1ccc(S(=O)(=O)N2CCCCC2)cc1)N(CC1CCCO1)c1nc2ccccc2s1. The summed E-state index contributed by atoms with van der Waals surface area (Å²) in [6, 6.07) is 14.1. The van der Waals surface area contributed by atoms with Crippen LogP contribution in [0.2, 0.25) is 0 Å². The van der Waals surface area contributed by atoms with Gasteiger partial charge in [0.2, 0.25) is 10.0 Å². The lowest BCUT2D eigenvalue weighted by atomic mass is 10.2. The fourth-order valence-corrected chi connectivity index (χ4v) is 6.89. The van der Waals surface area contributed by atoms with Crippen molar-refractivity contribution in [1.82, 2.24) is 9.29 Å². The number of piperidine rings is 1. The molecule has 7 nitrogen and oxygen atoms in total. The van der Waals surface area contributed by atoms with E-state index in [2.05, 4.69) is 4.98 Å². The molecule has 5 rings (SSSR count). The average molecular weight is 486 g/mol. The maximum Gasteiger partial charge on any atom is 0.260 e. The number of carbonyl (C=O) groups is 1. The van der Waals surface area contributed by atoms with Crippen LogP contribution in [-0.4, -0.2) is 56.0 Å². The summed E-state index contributed by atoms with van der Waals surface area (Å²) in [5, 5.41) is 0.627. The molecule has 2 aromatic carbocycles. The number of anilines is 1. The highest BCUT2D eigenvalue weighted by Gasteiger charge is 2.29. The third kappa shape index (κ3) is 4.68. The lowest BCUT2D eigenvalue weighted by Gasteiger charge is -2.26. The number of sulfonamides is 1. The van der Waals surface area contributed by atoms with E-state index in [9.17, 15) is 13.2 Å². The Hall–Kier alpha value is -2.33. The number of fused-ring (bicyclic) bond motifs is 1. The Balaban J connectivity index is 1.42. The van der Waals surface area contributed by atoms with Gasteiger partial charge in [-0.1, -0.05) is 29.9 Å². The summed E-state index contributed by atoms with van der Waals surface area (Å²) in [6.07, 6.45) is 4.69. The number of hydrogen-bond donors (Lipinski definition) is 0. The first kappa shape index (κ1) is 22.5. The Morgan fingerprint density at radius 1 is 1.06 bits per heavy atom. The van der Waals surface area contributed by atoms with Crippen molar-refractivity contribution in [1.29, 1.82) is 0 Å². The highest BCUT2D eigenvalue weighted by atomic mass is 32.2. The lowest BCUT2D eigenvalue weighted by Crippen LogP contribution is -2.37. The van der Waals surface area contributed by atoms with E-state index in [1.165, 1.54) is 15.6 Å². The van der Waals surface area contributed by atoms with Gasteiger partial charge in [0, 0.05) is 25.3 Å². The number of hydrogen-bond acceptors (Lipinski definition) is 6. The summed E-state index contributed by atoms with van der Waals surface area (Å²) in [7, 11) is -3.53. The molecule has 1 amide bonds. The molecule has 0 bridgehead atoms. The number of aromatic nitrogens is 1. The van der Waals surface area contributed by atoms with E-state index in [4.69, 9.17) is 4.74 Å². The van der Waals surface area contributed by atoms with Crippen LogP contribution >= 0.6 is 11.3 Å². The van der Waals surface area contributed by atoms with Crippen LogP contribution in [0.15, 0.2) is 53.4 Å². The maximum absolute atomic E-state index is 13.5. The summed E-state index contributed by atoms with van der Waals surface area (Å²) < 4.78 is 34.3. The Morgan fingerprint density at radius 2 is 1.82 bits per heavy atom. The number of ether oxygens (including phenoxy) is 1. The summed E-state index contributed by atoms with van der Waals surface area (Å²) in [5.74, 6) is -0.202. The molecule has 3 heterocycles. The molecule has 2 fully saturated rings. The van der Waals surface area contributed by atoms with Crippen molar-refractivity contribution in [2.75, 3.05) is 31.1 Å². The minimum Gasteiger partial charge on any atom is -0.376 e. The molecule has 1 atom stereocenters. The highest BCUT2D eigenvalue weighted by Crippen LogP contribution is 2.31. The number of para-hydroxylation sites is 1. The maximum atomic E-state index is 13.5. The number of rotatable bonds is 6. The zero-order valence-corrected chi connectivity index (χ0v) is 20.0. The zero-order valence-electron chi connectivity index (χ0n) is 18.4. The third-order valence-electron chi connectivity index (χ3n) is 6.22. The summed E-state index contributed by atoms with van der Waals surface area (Å²) in [6.45, 7) is 2.23. The predicted molar refractivity (Wildman–Crippen MR) is 129 cm³/mol. The second kappa shape index (κ2) is 9.50. The normalized spacial score (nSPS) is 19.7. The number of nitrogens with zero attached hydrogens (tertiary/aromatic N) is 3. The zero-order chi connectivity index (χ0) is 22.8. The summed E-state index contributed by atoms with van der Waals surface area (Å²) >= 11 is 1.47. The number of thiazole rings is 1. The van der Waals surface area contributed by atoms with Gasteiger partial charge in [0.05, 0.1) is 27.8 Å². The standard InChI is InChI=1S/C24H27N3O4S2/c28-23(18-10-12-20(13-11-18)33(29,30)26-14-4-1-5-15-26)27(17-19-7-6-16-31-19)24-25-21-8-2-3-9-22(21)32-24/h2-3,8-13,19H,1,4-7,14-17H2. The minimum absolute atomic E-state index is 0.0280. The lowest BCUT2D eigenvalue weighted by molar-refractivity contribution is 0.0917. The number of benzene rings is 2. The van der Waals surface area contributed by atoms with E-state index < -0.39 is 10.0 Å². The molecular formula is C24H27N3O4S2. The Kier molecular flexibility index (Phi) is 6.47. The number of amides is 1. The van der Waals surface area contributed by atoms with Crippen molar-refractivity contribution in [3.05, 3.63) is 54.1 Å². The molecule has 33 heavy (non-hydrogen) atoms. The van der Waals surface area contributed by atoms with E-state index in [0.717, 1.165) is 42.3 Å². The first-order valence-electron chi connectivity index (χ1n) is 11.4. The van der Waals surface area contributed by atoms with Crippen LogP contribution in [0.4, 0.5) is 5.13 Å². The molecular weight excluding hydrogens is 458 g/mol. The molecule has 2 aliphatic rings. The van der Waals surface area contributed by atoms with Crippen molar-refractivity contribution in [3.8, 4) is 0 Å². The van der Waals surface area contributed by atoms with Gasteiger partial charge in [-0.2, -0.15) is 4.31 Å². The van der Waals surface area contributed by atoms with Gasteiger partial charge in [-0.25, -0.2) is 13.4 Å². The van der Waals surface area contributed by atoms with Crippen LogP contribution < -0.4 is 4.90 Å². The van der Waals surface area contributed by atoms with Gasteiger partial charge in [-0.05, 0) is 62.1 Å².